The lowest BCUT2D eigenvalue weighted by Gasteiger charge is -2.26. The van der Waals surface area contributed by atoms with Crippen molar-refractivity contribution in [2.24, 2.45) is 0 Å². The Kier molecular flexibility index (Phi) is 4.28. The minimum absolute atomic E-state index is 0.0696. The Hall–Kier alpha value is -1.46. The van der Waals surface area contributed by atoms with Crippen LogP contribution in [0.5, 0.6) is 0 Å². The van der Waals surface area contributed by atoms with Crippen LogP contribution in [-0.2, 0) is 13.2 Å². The second-order valence-corrected chi connectivity index (χ2v) is 5.37. The molecule has 2 rings (SSSR count). The Bertz CT molecular complexity index is 467. The van der Waals surface area contributed by atoms with E-state index in [0.29, 0.717) is 11.7 Å². The molecule has 0 saturated heterocycles. The molecule has 0 radical (unpaired) electrons. The minimum atomic E-state index is -0.0696. The molecule has 2 heterocycles. The van der Waals surface area contributed by atoms with Crippen molar-refractivity contribution in [3.05, 3.63) is 40.2 Å². The second-order valence-electron chi connectivity index (χ2n) is 4.34. The summed E-state index contributed by atoms with van der Waals surface area (Å²) in [5, 5.41) is 19.2. The van der Waals surface area contributed by atoms with Crippen molar-refractivity contribution in [2.75, 3.05) is 4.90 Å². The molecule has 0 aliphatic heterocycles. The predicted octanol–water partition coefficient (Wildman–Crippen LogP) is 2.45. The number of thiophene rings is 1. The number of aliphatic hydroxyl groups is 1. The van der Waals surface area contributed by atoms with Crippen LogP contribution in [0, 0.1) is 0 Å². The van der Waals surface area contributed by atoms with Gasteiger partial charge in [-0.05, 0) is 37.4 Å². The molecule has 0 fully saturated rings. The van der Waals surface area contributed by atoms with E-state index in [1.807, 2.05) is 12.1 Å². The van der Waals surface area contributed by atoms with Gasteiger partial charge in [-0.2, -0.15) is 5.10 Å². The molecule has 1 N–H and O–H groups in total. The van der Waals surface area contributed by atoms with Crippen LogP contribution in [0.3, 0.4) is 0 Å². The van der Waals surface area contributed by atoms with Gasteiger partial charge in [0.05, 0.1) is 18.8 Å². The van der Waals surface area contributed by atoms with Crippen LogP contribution in [0.1, 0.15) is 24.4 Å². The molecule has 0 aromatic carbocycles. The van der Waals surface area contributed by atoms with Crippen molar-refractivity contribution in [3.63, 3.8) is 0 Å². The Morgan fingerprint density at radius 2 is 2.11 bits per heavy atom. The predicted molar refractivity (Wildman–Crippen MR) is 73.6 cm³/mol. The fourth-order valence-corrected chi connectivity index (χ4v) is 2.39. The van der Waals surface area contributed by atoms with Gasteiger partial charge in [-0.15, -0.1) is 16.4 Å². The Balaban J connectivity index is 2.18. The molecule has 0 aliphatic rings. The third kappa shape index (κ3) is 3.05. The third-order valence-corrected chi connectivity index (χ3v) is 3.55. The van der Waals surface area contributed by atoms with E-state index in [0.717, 1.165) is 12.4 Å². The summed E-state index contributed by atoms with van der Waals surface area (Å²) in [5.41, 5.74) is 0.596. The van der Waals surface area contributed by atoms with Crippen molar-refractivity contribution < 1.29 is 5.11 Å². The molecule has 0 unspecified atom stereocenters. The van der Waals surface area contributed by atoms with Gasteiger partial charge in [0.1, 0.15) is 0 Å². The molecular formula is C13H17N3OS. The largest absolute Gasteiger partial charge is 0.390 e. The first-order valence-electron chi connectivity index (χ1n) is 5.93. The van der Waals surface area contributed by atoms with E-state index in [9.17, 15) is 0 Å². The monoisotopic (exact) mass is 263 g/mol. The highest BCUT2D eigenvalue weighted by atomic mass is 32.1. The summed E-state index contributed by atoms with van der Waals surface area (Å²) in [7, 11) is 0. The summed E-state index contributed by atoms with van der Waals surface area (Å²) in [6, 6.07) is 8.24. The van der Waals surface area contributed by atoms with Gasteiger partial charge in [0.15, 0.2) is 5.82 Å². The van der Waals surface area contributed by atoms with E-state index < -0.39 is 0 Å². The summed E-state index contributed by atoms with van der Waals surface area (Å²) in [5.74, 6) is 0.843. The lowest BCUT2D eigenvalue weighted by molar-refractivity contribution is 0.275. The van der Waals surface area contributed by atoms with E-state index in [1.54, 1.807) is 11.3 Å². The standard InChI is InChI=1S/C13H17N3OS/c1-10(2)16(8-12-4-3-7-18-12)13-6-5-11(9-17)14-15-13/h3-7,10,17H,8-9H2,1-2H3. The second kappa shape index (κ2) is 5.93. The van der Waals surface area contributed by atoms with E-state index in [2.05, 4.69) is 46.5 Å². The molecule has 0 saturated carbocycles. The number of hydrogen-bond donors (Lipinski definition) is 1. The van der Waals surface area contributed by atoms with Gasteiger partial charge in [0.25, 0.3) is 0 Å². The average Bonchev–Trinajstić information content (AvgIpc) is 2.89. The molecule has 2 aromatic rings. The molecule has 0 atom stereocenters. The van der Waals surface area contributed by atoms with Crippen molar-refractivity contribution >= 4 is 17.2 Å². The number of aromatic nitrogens is 2. The molecule has 0 bridgehead atoms. The van der Waals surface area contributed by atoms with Gasteiger partial charge in [0.2, 0.25) is 0 Å². The van der Waals surface area contributed by atoms with E-state index in [4.69, 9.17) is 5.11 Å². The number of anilines is 1. The van der Waals surface area contributed by atoms with E-state index in [1.165, 1.54) is 4.88 Å². The Morgan fingerprint density at radius 3 is 2.61 bits per heavy atom. The van der Waals surface area contributed by atoms with Crippen molar-refractivity contribution in [3.8, 4) is 0 Å². The molecular weight excluding hydrogens is 246 g/mol. The quantitative estimate of drug-likeness (QED) is 0.900. The van der Waals surface area contributed by atoms with E-state index in [-0.39, 0.29) is 6.61 Å². The Labute approximate surface area is 111 Å². The van der Waals surface area contributed by atoms with Gasteiger partial charge < -0.3 is 10.0 Å². The number of hydrogen-bond acceptors (Lipinski definition) is 5. The number of aliphatic hydroxyl groups excluding tert-OH is 1. The summed E-state index contributed by atoms with van der Waals surface area (Å²) < 4.78 is 0. The minimum Gasteiger partial charge on any atom is -0.390 e. The average molecular weight is 263 g/mol. The summed E-state index contributed by atoms with van der Waals surface area (Å²) in [6.45, 7) is 5.03. The van der Waals surface area contributed by atoms with Crippen LogP contribution in [0.15, 0.2) is 29.6 Å². The van der Waals surface area contributed by atoms with Crippen molar-refractivity contribution in [1.29, 1.82) is 0 Å². The molecule has 2 aromatic heterocycles. The zero-order valence-corrected chi connectivity index (χ0v) is 11.4. The van der Waals surface area contributed by atoms with Gasteiger partial charge in [-0.3, -0.25) is 0 Å². The normalized spacial score (nSPS) is 10.9. The number of rotatable bonds is 5. The zero-order valence-electron chi connectivity index (χ0n) is 10.6. The van der Waals surface area contributed by atoms with Gasteiger partial charge >= 0.3 is 0 Å². The van der Waals surface area contributed by atoms with Gasteiger partial charge in [-0.1, -0.05) is 6.07 Å². The number of nitrogens with zero attached hydrogens (tertiary/aromatic N) is 3. The van der Waals surface area contributed by atoms with Crippen LogP contribution in [0.4, 0.5) is 5.82 Å². The SMILES string of the molecule is CC(C)N(Cc1cccs1)c1ccc(CO)nn1. The topological polar surface area (TPSA) is 49.2 Å². The van der Waals surface area contributed by atoms with Crippen LogP contribution >= 0.6 is 11.3 Å². The van der Waals surface area contributed by atoms with Crippen LogP contribution < -0.4 is 4.90 Å². The maximum Gasteiger partial charge on any atom is 0.151 e. The summed E-state index contributed by atoms with van der Waals surface area (Å²) in [4.78, 5) is 3.50. The first kappa shape index (κ1) is 13.0. The summed E-state index contributed by atoms with van der Waals surface area (Å²) in [6.07, 6.45) is 0. The first-order chi connectivity index (χ1) is 8.70. The molecule has 96 valence electrons. The smallest absolute Gasteiger partial charge is 0.151 e. The highest BCUT2D eigenvalue weighted by Crippen LogP contribution is 2.19. The highest BCUT2D eigenvalue weighted by Gasteiger charge is 2.13. The highest BCUT2D eigenvalue weighted by molar-refractivity contribution is 7.09. The third-order valence-electron chi connectivity index (χ3n) is 2.69. The van der Waals surface area contributed by atoms with Crippen molar-refractivity contribution in [2.45, 2.75) is 33.0 Å². The molecule has 0 spiro atoms. The fourth-order valence-electron chi connectivity index (χ4n) is 1.69. The lowest BCUT2D eigenvalue weighted by Crippen LogP contribution is -2.30. The van der Waals surface area contributed by atoms with Gasteiger partial charge in [-0.25, -0.2) is 0 Å². The van der Waals surface area contributed by atoms with Crippen LogP contribution in [-0.4, -0.2) is 21.3 Å². The molecule has 5 heteroatoms. The first-order valence-corrected chi connectivity index (χ1v) is 6.81. The molecule has 4 nitrogen and oxygen atoms in total. The van der Waals surface area contributed by atoms with Crippen LogP contribution in [0.2, 0.25) is 0 Å². The maximum absolute atomic E-state index is 8.97. The fraction of sp³-hybridized carbons (Fsp3) is 0.385. The van der Waals surface area contributed by atoms with E-state index >= 15 is 0 Å². The van der Waals surface area contributed by atoms with Gasteiger partial charge in [0, 0.05) is 10.9 Å². The lowest BCUT2D eigenvalue weighted by atomic mass is 10.3. The Morgan fingerprint density at radius 1 is 1.28 bits per heavy atom. The molecule has 18 heavy (non-hydrogen) atoms. The molecule has 0 amide bonds. The molecule has 0 aliphatic carbocycles. The van der Waals surface area contributed by atoms with Crippen LogP contribution in [0.25, 0.3) is 0 Å². The summed E-state index contributed by atoms with van der Waals surface area (Å²) >= 11 is 1.74. The maximum atomic E-state index is 8.97. The van der Waals surface area contributed by atoms with Crippen molar-refractivity contribution in [1.82, 2.24) is 10.2 Å². The zero-order chi connectivity index (χ0) is 13.0.